The van der Waals surface area contributed by atoms with Crippen LogP contribution in [0.2, 0.25) is 0 Å². The molecule has 3 heteroatoms. The predicted octanol–water partition coefficient (Wildman–Crippen LogP) is 1.83. The van der Waals surface area contributed by atoms with Gasteiger partial charge in [0.1, 0.15) is 0 Å². The first kappa shape index (κ1) is 9.54. The minimum absolute atomic E-state index is 0.223. The summed E-state index contributed by atoms with van der Waals surface area (Å²) in [7, 11) is 0. The van der Waals surface area contributed by atoms with Crippen LogP contribution in [0.3, 0.4) is 0 Å². The summed E-state index contributed by atoms with van der Waals surface area (Å²) in [5, 5.41) is 3.39. The van der Waals surface area contributed by atoms with Gasteiger partial charge in [-0.2, -0.15) is 0 Å². The molecule has 0 aromatic rings. The second-order valence-corrected chi connectivity index (χ2v) is 3.15. The van der Waals surface area contributed by atoms with Crippen molar-refractivity contribution in [2.24, 2.45) is 0 Å². The van der Waals surface area contributed by atoms with E-state index in [0.717, 1.165) is 25.4 Å². The van der Waals surface area contributed by atoms with E-state index < -0.39 is 0 Å². The Kier molecular flexibility index (Phi) is 7.06. The Hall–Kier alpha value is 0.540. The van der Waals surface area contributed by atoms with Gasteiger partial charge in [0.25, 0.3) is 0 Å². The lowest BCUT2D eigenvalue weighted by Crippen LogP contribution is -2.22. The third-order valence-electron chi connectivity index (χ3n) is 0.913. The van der Waals surface area contributed by atoms with Gasteiger partial charge in [0.05, 0.1) is 0 Å². The van der Waals surface area contributed by atoms with Crippen LogP contribution in [0.15, 0.2) is 0 Å². The average molecular weight is 170 g/mol. The standard InChI is InChI=1S/C6H13Cl2N/c1-6(8)5-9-4-2-3-7/h6,9H,2-5H2,1H3. The summed E-state index contributed by atoms with van der Waals surface area (Å²) in [5.41, 5.74) is 0. The van der Waals surface area contributed by atoms with Crippen LogP contribution in [0.5, 0.6) is 0 Å². The largest absolute Gasteiger partial charge is 0.315 e. The highest BCUT2D eigenvalue weighted by molar-refractivity contribution is 6.20. The van der Waals surface area contributed by atoms with Crippen molar-refractivity contribution >= 4 is 23.2 Å². The summed E-state index contributed by atoms with van der Waals surface area (Å²) >= 11 is 11.1. The zero-order chi connectivity index (χ0) is 7.11. The SMILES string of the molecule is CC(Cl)CNCCCCl. The monoisotopic (exact) mass is 169 g/mol. The van der Waals surface area contributed by atoms with Crippen molar-refractivity contribution in [3.05, 3.63) is 0 Å². The van der Waals surface area contributed by atoms with E-state index in [4.69, 9.17) is 23.2 Å². The first-order chi connectivity index (χ1) is 4.27. The van der Waals surface area contributed by atoms with Gasteiger partial charge in [0.2, 0.25) is 0 Å². The summed E-state index contributed by atoms with van der Waals surface area (Å²) in [6.45, 7) is 3.81. The zero-order valence-corrected chi connectivity index (χ0v) is 7.17. The number of alkyl halides is 2. The van der Waals surface area contributed by atoms with Gasteiger partial charge in [0.15, 0.2) is 0 Å². The number of rotatable bonds is 5. The molecule has 1 atom stereocenters. The lowest BCUT2D eigenvalue weighted by molar-refractivity contribution is 0.667. The summed E-state index contributed by atoms with van der Waals surface area (Å²) in [4.78, 5) is 0. The van der Waals surface area contributed by atoms with Crippen LogP contribution < -0.4 is 5.32 Å². The molecule has 1 nitrogen and oxygen atoms in total. The van der Waals surface area contributed by atoms with Crippen LogP contribution in [0.1, 0.15) is 13.3 Å². The van der Waals surface area contributed by atoms with Gasteiger partial charge in [-0.3, -0.25) is 0 Å². The van der Waals surface area contributed by atoms with Gasteiger partial charge < -0.3 is 5.32 Å². The molecule has 0 aliphatic heterocycles. The van der Waals surface area contributed by atoms with E-state index in [1.54, 1.807) is 0 Å². The molecule has 0 bridgehead atoms. The molecule has 56 valence electrons. The molecule has 0 radical (unpaired) electrons. The van der Waals surface area contributed by atoms with Gasteiger partial charge in [0, 0.05) is 17.8 Å². The Morgan fingerprint density at radius 2 is 2.22 bits per heavy atom. The van der Waals surface area contributed by atoms with E-state index in [1.165, 1.54) is 0 Å². The Labute approximate surface area is 66.7 Å². The van der Waals surface area contributed by atoms with Gasteiger partial charge in [-0.15, -0.1) is 23.2 Å². The van der Waals surface area contributed by atoms with Crippen LogP contribution in [0, 0.1) is 0 Å². The second kappa shape index (κ2) is 6.66. The molecule has 0 aliphatic rings. The molecular formula is C6H13Cl2N. The third kappa shape index (κ3) is 8.54. The number of hydrogen-bond acceptors (Lipinski definition) is 1. The molecule has 0 aromatic carbocycles. The maximum atomic E-state index is 5.66. The summed E-state index contributed by atoms with van der Waals surface area (Å²) in [5.74, 6) is 0.726. The van der Waals surface area contributed by atoms with Gasteiger partial charge in [-0.1, -0.05) is 0 Å². The minimum atomic E-state index is 0.223. The molecule has 0 saturated carbocycles. The maximum Gasteiger partial charge on any atom is 0.0432 e. The van der Waals surface area contributed by atoms with E-state index in [-0.39, 0.29) is 5.38 Å². The van der Waals surface area contributed by atoms with Crippen molar-refractivity contribution in [1.29, 1.82) is 0 Å². The van der Waals surface area contributed by atoms with E-state index >= 15 is 0 Å². The molecule has 0 heterocycles. The predicted molar refractivity (Wildman–Crippen MR) is 43.5 cm³/mol. The van der Waals surface area contributed by atoms with Crippen LogP contribution >= 0.6 is 23.2 Å². The molecule has 1 unspecified atom stereocenters. The molecule has 0 fully saturated rings. The van der Waals surface area contributed by atoms with E-state index in [1.807, 2.05) is 6.92 Å². The van der Waals surface area contributed by atoms with E-state index in [9.17, 15) is 0 Å². The van der Waals surface area contributed by atoms with Crippen LogP contribution in [0.25, 0.3) is 0 Å². The first-order valence-corrected chi connectivity index (χ1v) is 4.15. The highest BCUT2D eigenvalue weighted by Gasteiger charge is 1.92. The third-order valence-corrected chi connectivity index (χ3v) is 1.33. The average Bonchev–Trinajstić information content (AvgIpc) is 1.80. The Balaban J connectivity index is 2.75. The Morgan fingerprint density at radius 1 is 1.56 bits per heavy atom. The van der Waals surface area contributed by atoms with E-state index in [0.29, 0.717) is 0 Å². The number of hydrogen-bond donors (Lipinski definition) is 1. The highest BCUT2D eigenvalue weighted by Crippen LogP contribution is 1.89. The topological polar surface area (TPSA) is 12.0 Å². The van der Waals surface area contributed by atoms with Crippen LogP contribution in [0.4, 0.5) is 0 Å². The Bertz CT molecular complexity index is 57.0. The van der Waals surface area contributed by atoms with Crippen molar-refractivity contribution in [2.75, 3.05) is 19.0 Å². The van der Waals surface area contributed by atoms with Crippen molar-refractivity contribution in [3.63, 3.8) is 0 Å². The second-order valence-electron chi connectivity index (χ2n) is 2.03. The molecule has 0 spiro atoms. The molecule has 0 rings (SSSR count). The molecular weight excluding hydrogens is 157 g/mol. The fourth-order valence-electron chi connectivity index (χ4n) is 0.493. The number of nitrogens with one attached hydrogen (secondary N) is 1. The lowest BCUT2D eigenvalue weighted by Gasteiger charge is -2.03. The molecule has 0 saturated heterocycles. The van der Waals surface area contributed by atoms with Gasteiger partial charge >= 0.3 is 0 Å². The normalized spacial score (nSPS) is 13.7. The minimum Gasteiger partial charge on any atom is -0.315 e. The van der Waals surface area contributed by atoms with E-state index in [2.05, 4.69) is 5.32 Å². The molecule has 0 amide bonds. The summed E-state index contributed by atoms with van der Waals surface area (Å²) in [6, 6.07) is 0. The smallest absolute Gasteiger partial charge is 0.0432 e. The van der Waals surface area contributed by atoms with Crippen LogP contribution in [-0.4, -0.2) is 24.3 Å². The summed E-state index contributed by atoms with van der Waals surface area (Å²) in [6.07, 6.45) is 1.02. The molecule has 1 N–H and O–H groups in total. The van der Waals surface area contributed by atoms with Crippen molar-refractivity contribution in [1.82, 2.24) is 5.32 Å². The van der Waals surface area contributed by atoms with Crippen molar-refractivity contribution in [3.8, 4) is 0 Å². The van der Waals surface area contributed by atoms with Crippen LogP contribution in [-0.2, 0) is 0 Å². The Morgan fingerprint density at radius 3 is 2.67 bits per heavy atom. The fraction of sp³-hybridized carbons (Fsp3) is 1.00. The highest BCUT2D eigenvalue weighted by atomic mass is 35.5. The number of halogens is 2. The van der Waals surface area contributed by atoms with Crippen molar-refractivity contribution in [2.45, 2.75) is 18.7 Å². The van der Waals surface area contributed by atoms with Crippen molar-refractivity contribution < 1.29 is 0 Å². The summed E-state index contributed by atoms with van der Waals surface area (Å²) < 4.78 is 0. The lowest BCUT2D eigenvalue weighted by atomic mass is 10.4. The zero-order valence-electron chi connectivity index (χ0n) is 5.66. The van der Waals surface area contributed by atoms with Gasteiger partial charge in [-0.05, 0) is 19.9 Å². The maximum absolute atomic E-state index is 5.66. The first-order valence-electron chi connectivity index (χ1n) is 3.18. The molecule has 0 aliphatic carbocycles. The quantitative estimate of drug-likeness (QED) is 0.490. The molecule has 9 heavy (non-hydrogen) atoms. The fourth-order valence-corrected chi connectivity index (χ4v) is 0.736. The molecule has 0 aromatic heterocycles. The van der Waals surface area contributed by atoms with Gasteiger partial charge in [-0.25, -0.2) is 0 Å².